The minimum Gasteiger partial charge on any atom is -0.378 e. The normalized spacial score (nSPS) is 23.4. The maximum atomic E-state index is 12.5. The molecular formula is C15H24N4O4. The Morgan fingerprint density at radius 3 is 2.74 bits per heavy atom. The van der Waals surface area contributed by atoms with Crippen LogP contribution in [-0.4, -0.2) is 78.0 Å². The van der Waals surface area contributed by atoms with Crippen LogP contribution in [0, 0.1) is 0 Å². The summed E-state index contributed by atoms with van der Waals surface area (Å²) in [6, 6.07) is 0. The van der Waals surface area contributed by atoms with Crippen LogP contribution in [0.3, 0.4) is 0 Å². The van der Waals surface area contributed by atoms with Gasteiger partial charge in [-0.25, -0.2) is 0 Å². The third kappa shape index (κ3) is 4.07. The molecular weight excluding hydrogens is 300 g/mol. The Kier molecular flexibility index (Phi) is 5.24. The number of morpholine rings is 2. The quantitative estimate of drug-likeness (QED) is 0.785. The van der Waals surface area contributed by atoms with Crippen LogP contribution in [0.5, 0.6) is 0 Å². The smallest absolute Gasteiger partial charge is 0.253 e. The van der Waals surface area contributed by atoms with Gasteiger partial charge in [-0.15, -0.1) is 0 Å². The van der Waals surface area contributed by atoms with Crippen LogP contribution < -0.4 is 0 Å². The van der Waals surface area contributed by atoms with E-state index in [1.54, 1.807) is 0 Å². The van der Waals surface area contributed by atoms with Gasteiger partial charge in [-0.05, 0) is 0 Å². The number of nitrogens with zero attached hydrogens (tertiary/aromatic N) is 4. The van der Waals surface area contributed by atoms with Crippen molar-refractivity contribution in [1.29, 1.82) is 0 Å². The Labute approximate surface area is 135 Å². The highest BCUT2D eigenvalue weighted by atomic mass is 16.5. The van der Waals surface area contributed by atoms with E-state index in [4.69, 9.17) is 14.0 Å². The lowest BCUT2D eigenvalue weighted by Gasteiger charge is -2.35. The number of hydrogen-bond donors (Lipinski definition) is 0. The largest absolute Gasteiger partial charge is 0.378 e. The molecule has 128 valence electrons. The van der Waals surface area contributed by atoms with E-state index in [0.29, 0.717) is 57.7 Å². The first-order valence-corrected chi connectivity index (χ1v) is 8.16. The second-order valence-corrected chi connectivity index (χ2v) is 6.23. The first-order valence-electron chi connectivity index (χ1n) is 8.16. The highest BCUT2D eigenvalue weighted by Gasteiger charge is 2.31. The molecule has 2 fully saturated rings. The average Bonchev–Trinajstić information content (AvgIpc) is 3.04. The molecule has 0 spiro atoms. The molecule has 0 radical (unpaired) electrons. The van der Waals surface area contributed by atoms with Crippen molar-refractivity contribution in [2.24, 2.45) is 0 Å². The van der Waals surface area contributed by atoms with Crippen molar-refractivity contribution in [1.82, 2.24) is 19.9 Å². The minimum absolute atomic E-state index is 0.0476. The van der Waals surface area contributed by atoms with E-state index in [-0.39, 0.29) is 11.8 Å². The second-order valence-electron chi connectivity index (χ2n) is 6.23. The van der Waals surface area contributed by atoms with Gasteiger partial charge in [0.1, 0.15) is 6.10 Å². The summed E-state index contributed by atoms with van der Waals surface area (Å²) in [4.78, 5) is 20.9. The van der Waals surface area contributed by atoms with Crippen LogP contribution >= 0.6 is 0 Å². The van der Waals surface area contributed by atoms with Gasteiger partial charge in [-0.3, -0.25) is 9.69 Å². The summed E-state index contributed by atoms with van der Waals surface area (Å²) in [5.41, 5.74) is 0. The highest BCUT2D eigenvalue weighted by molar-refractivity contribution is 5.81. The summed E-state index contributed by atoms with van der Waals surface area (Å²) in [5, 5.41) is 3.98. The van der Waals surface area contributed by atoms with Crippen LogP contribution in [0.25, 0.3) is 0 Å². The summed E-state index contributed by atoms with van der Waals surface area (Å²) in [5.74, 6) is 1.60. The van der Waals surface area contributed by atoms with Crippen molar-refractivity contribution in [2.45, 2.75) is 32.4 Å². The van der Waals surface area contributed by atoms with Gasteiger partial charge in [0.05, 0.1) is 26.4 Å². The molecule has 1 aromatic rings. The van der Waals surface area contributed by atoms with Crippen molar-refractivity contribution in [3.8, 4) is 0 Å². The topological polar surface area (TPSA) is 80.9 Å². The van der Waals surface area contributed by atoms with Gasteiger partial charge >= 0.3 is 0 Å². The number of aromatic nitrogens is 2. The molecule has 1 amide bonds. The molecule has 3 rings (SSSR count). The molecule has 1 unspecified atom stereocenters. The van der Waals surface area contributed by atoms with Crippen molar-refractivity contribution >= 4 is 5.91 Å². The molecule has 2 aliphatic heterocycles. The standard InChI is InChI=1S/C15H24N4O4/c1-11(2)14-16-13(23-17-14)10-18-3-8-22-12(9-18)15(20)19-4-6-21-7-5-19/h11-12H,3-10H2,1-2H3. The van der Waals surface area contributed by atoms with Gasteiger partial charge in [0.2, 0.25) is 5.89 Å². The van der Waals surface area contributed by atoms with Crippen LogP contribution in [-0.2, 0) is 20.8 Å². The van der Waals surface area contributed by atoms with Crippen LogP contribution in [0.1, 0.15) is 31.5 Å². The molecule has 1 atom stereocenters. The Morgan fingerprint density at radius 2 is 2.04 bits per heavy atom. The maximum Gasteiger partial charge on any atom is 0.253 e. The highest BCUT2D eigenvalue weighted by Crippen LogP contribution is 2.14. The van der Waals surface area contributed by atoms with E-state index in [2.05, 4.69) is 15.0 Å². The number of amides is 1. The van der Waals surface area contributed by atoms with Gasteiger partial charge in [0, 0.05) is 32.1 Å². The first-order chi connectivity index (χ1) is 11.1. The van der Waals surface area contributed by atoms with Crippen molar-refractivity contribution in [2.75, 3.05) is 46.0 Å². The van der Waals surface area contributed by atoms with Gasteiger partial charge in [-0.2, -0.15) is 4.98 Å². The molecule has 0 aromatic carbocycles. The van der Waals surface area contributed by atoms with Gasteiger partial charge in [-0.1, -0.05) is 19.0 Å². The lowest BCUT2D eigenvalue weighted by Crippen LogP contribution is -2.53. The average molecular weight is 324 g/mol. The fourth-order valence-corrected chi connectivity index (χ4v) is 2.74. The Morgan fingerprint density at radius 1 is 1.26 bits per heavy atom. The van der Waals surface area contributed by atoms with Gasteiger partial charge < -0.3 is 18.9 Å². The van der Waals surface area contributed by atoms with E-state index < -0.39 is 6.10 Å². The Bertz CT molecular complexity index is 527. The molecule has 2 saturated heterocycles. The zero-order valence-corrected chi connectivity index (χ0v) is 13.7. The summed E-state index contributed by atoms with van der Waals surface area (Å²) < 4.78 is 16.2. The van der Waals surface area contributed by atoms with E-state index in [1.807, 2.05) is 18.7 Å². The molecule has 0 N–H and O–H groups in total. The lowest BCUT2D eigenvalue weighted by atomic mass is 10.2. The molecule has 3 heterocycles. The van der Waals surface area contributed by atoms with Crippen LogP contribution in [0.4, 0.5) is 0 Å². The third-order valence-electron chi connectivity index (χ3n) is 4.11. The van der Waals surface area contributed by atoms with Crippen LogP contribution in [0.2, 0.25) is 0 Å². The summed E-state index contributed by atoms with van der Waals surface area (Å²) >= 11 is 0. The minimum atomic E-state index is -0.422. The van der Waals surface area contributed by atoms with Gasteiger partial charge in [0.25, 0.3) is 5.91 Å². The fourth-order valence-electron chi connectivity index (χ4n) is 2.74. The maximum absolute atomic E-state index is 12.5. The number of ether oxygens (including phenoxy) is 2. The summed E-state index contributed by atoms with van der Waals surface area (Å²) in [7, 11) is 0. The van der Waals surface area contributed by atoms with E-state index in [1.165, 1.54) is 0 Å². The Hall–Kier alpha value is -1.51. The number of hydrogen-bond acceptors (Lipinski definition) is 7. The van der Waals surface area contributed by atoms with E-state index in [0.717, 1.165) is 6.54 Å². The number of carbonyl (C=O) groups excluding carboxylic acids is 1. The monoisotopic (exact) mass is 324 g/mol. The Balaban J connectivity index is 1.55. The lowest BCUT2D eigenvalue weighted by molar-refractivity contribution is -0.153. The SMILES string of the molecule is CC(C)c1noc(CN2CCOC(C(=O)N3CCOCC3)C2)n1. The number of rotatable bonds is 4. The van der Waals surface area contributed by atoms with Crippen molar-refractivity contribution < 1.29 is 18.8 Å². The summed E-state index contributed by atoms with van der Waals surface area (Å²) in [6.07, 6.45) is -0.422. The third-order valence-corrected chi connectivity index (χ3v) is 4.11. The van der Waals surface area contributed by atoms with E-state index >= 15 is 0 Å². The molecule has 0 aliphatic carbocycles. The second kappa shape index (κ2) is 7.37. The zero-order valence-electron chi connectivity index (χ0n) is 13.7. The predicted molar refractivity (Wildman–Crippen MR) is 80.8 cm³/mol. The molecule has 2 aliphatic rings. The molecule has 0 bridgehead atoms. The molecule has 23 heavy (non-hydrogen) atoms. The molecule has 8 heteroatoms. The zero-order chi connectivity index (χ0) is 16.2. The molecule has 1 aromatic heterocycles. The van der Waals surface area contributed by atoms with E-state index in [9.17, 15) is 4.79 Å². The predicted octanol–water partition coefficient (Wildman–Crippen LogP) is 0.253. The fraction of sp³-hybridized carbons (Fsp3) is 0.800. The molecule has 0 saturated carbocycles. The summed E-state index contributed by atoms with van der Waals surface area (Å²) in [6.45, 7) is 8.93. The van der Waals surface area contributed by atoms with Crippen molar-refractivity contribution in [3.05, 3.63) is 11.7 Å². The van der Waals surface area contributed by atoms with Crippen molar-refractivity contribution in [3.63, 3.8) is 0 Å². The molecule has 8 nitrogen and oxygen atoms in total. The van der Waals surface area contributed by atoms with Gasteiger partial charge in [0.15, 0.2) is 5.82 Å². The van der Waals surface area contributed by atoms with Crippen LogP contribution in [0.15, 0.2) is 4.52 Å². The first kappa shape index (κ1) is 16.4. The number of carbonyl (C=O) groups is 1.